The first-order chi connectivity index (χ1) is 10.8. The molecule has 0 spiro atoms. The van der Waals surface area contributed by atoms with E-state index >= 15 is 0 Å². The van der Waals surface area contributed by atoms with E-state index in [4.69, 9.17) is 0 Å². The van der Waals surface area contributed by atoms with Crippen LogP contribution >= 0.6 is 0 Å². The molecule has 0 amide bonds. The first-order valence-electron chi connectivity index (χ1n) is 8.99. The molecule has 0 saturated carbocycles. The Bertz CT molecular complexity index is 484. The topological polar surface area (TPSA) is 0 Å². The summed E-state index contributed by atoms with van der Waals surface area (Å²) in [6.07, 6.45) is 3.32. The fraction of sp³-hybridized carbons (Fsp3) is 0.455. The number of benzene rings is 2. The summed E-state index contributed by atoms with van der Waals surface area (Å²) in [5, 5.41) is 0. The van der Waals surface area contributed by atoms with Crippen molar-refractivity contribution >= 4 is 0 Å². The Kier molecular flexibility index (Phi) is 11.2. The summed E-state index contributed by atoms with van der Waals surface area (Å²) in [6, 6.07) is 15.9. The van der Waals surface area contributed by atoms with E-state index in [0.717, 1.165) is 19.3 Å². The second-order valence-electron chi connectivity index (χ2n) is 4.80. The van der Waals surface area contributed by atoms with Crippen molar-refractivity contribution in [2.24, 2.45) is 0 Å². The molecular weight excluding hydrogens is 264 g/mol. The van der Waals surface area contributed by atoms with Crippen molar-refractivity contribution in [3.63, 3.8) is 0 Å². The lowest BCUT2D eigenvalue weighted by atomic mass is 9.97. The van der Waals surface area contributed by atoms with Crippen LogP contribution in [0.4, 0.5) is 0 Å². The van der Waals surface area contributed by atoms with Gasteiger partial charge < -0.3 is 0 Å². The molecule has 0 aliphatic rings. The number of rotatable bonds is 4. The van der Waals surface area contributed by atoms with Gasteiger partial charge in [-0.2, -0.15) is 0 Å². The normalized spacial score (nSPS) is 9.23. The first kappa shape index (κ1) is 20.4. The molecule has 122 valence electrons. The van der Waals surface area contributed by atoms with Gasteiger partial charge in [-0.1, -0.05) is 90.9 Å². The second kappa shape index (κ2) is 12.0. The summed E-state index contributed by atoms with van der Waals surface area (Å²) < 4.78 is 0. The molecule has 0 radical (unpaired) electrons. The van der Waals surface area contributed by atoms with Crippen molar-refractivity contribution in [1.29, 1.82) is 0 Å². The monoisotopic (exact) mass is 298 g/mol. The van der Waals surface area contributed by atoms with Gasteiger partial charge in [-0.05, 0) is 47.1 Å². The van der Waals surface area contributed by atoms with E-state index < -0.39 is 0 Å². The van der Waals surface area contributed by atoms with E-state index in [1.54, 1.807) is 0 Å². The maximum absolute atomic E-state index is 2.32. The number of hydrogen-bond donors (Lipinski definition) is 0. The van der Waals surface area contributed by atoms with Gasteiger partial charge in [0, 0.05) is 0 Å². The van der Waals surface area contributed by atoms with Gasteiger partial charge >= 0.3 is 0 Å². The van der Waals surface area contributed by atoms with E-state index in [2.05, 4.69) is 63.2 Å². The quantitative estimate of drug-likeness (QED) is 0.565. The van der Waals surface area contributed by atoms with Crippen LogP contribution in [0.25, 0.3) is 11.1 Å². The molecule has 0 bridgehead atoms. The van der Waals surface area contributed by atoms with Crippen molar-refractivity contribution in [2.45, 2.75) is 67.7 Å². The van der Waals surface area contributed by atoms with Crippen LogP contribution in [0.5, 0.6) is 0 Å². The zero-order valence-electron chi connectivity index (χ0n) is 15.7. The predicted octanol–water partition coefficient (Wildman–Crippen LogP) is 7.09. The Morgan fingerprint density at radius 1 is 0.500 bits per heavy atom. The Hall–Kier alpha value is -1.56. The van der Waals surface area contributed by atoms with Crippen molar-refractivity contribution in [2.75, 3.05) is 0 Å². The van der Waals surface area contributed by atoms with Crippen molar-refractivity contribution in [3.05, 3.63) is 59.2 Å². The molecule has 0 atom stereocenters. The molecular formula is C22H34. The lowest BCUT2D eigenvalue weighted by Crippen LogP contribution is -1.89. The molecule has 0 fully saturated rings. The number of hydrogen-bond acceptors (Lipinski definition) is 0. The lowest BCUT2D eigenvalue weighted by molar-refractivity contribution is 1.09. The first-order valence-corrected chi connectivity index (χ1v) is 8.99. The Balaban J connectivity index is 0.00000102. The predicted molar refractivity (Wildman–Crippen MR) is 103 cm³/mol. The zero-order valence-corrected chi connectivity index (χ0v) is 15.7. The Morgan fingerprint density at radius 2 is 0.909 bits per heavy atom. The van der Waals surface area contributed by atoms with Crippen molar-refractivity contribution in [3.8, 4) is 11.1 Å². The van der Waals surface area contributed by atoms with Crippen LogP contribution in [0, 0.1) is 0 Å². The van der Waals surface area contributed by atoms with Crippen LogP contribution in [0.15, 0.2) is 42.5 Å². The van der Waals surface area contributed by atoms with Gasteiger partial charge in [-0.25, -0.2) is 0 Å². The average Bonchev–Trinajstić information content (AvgIpc) is 2.64. The highest BCUT2D eigenvalue weighted by atomic mass is 14.1. The van der Waals surface area contributed by atoms with Crippen LogP contribution in [-0.2, 0) is 19.3 Å². The molecule has 0 heteroatoms. The van der Waals surface area contributed by atoms with Crippen LogP contribution in [-0.4, -0.2) is 0 Å². The molecule has 0 aliphatic carbocycles. The SMILES string of the molecule is CC.CC.CCc1ccc(-c2cc(CC)cc(CC)c2)cc1. The van der Waals surface area contributed by atoms with Gasteiger partial charge in [0.05, 0.1) is 0 Å². The third kappa shape index (κ3) is 6.05. The molecule has 0 nitrogen and oxygen atoms in total. The van der Waals surface area contributed by atoms with Gasteiger partial charge in [-0.15, -0.1) is 0 Å². The highest BCUT2D eigenvalue weighted by Gasteiger charge is 2.02. The van der Waals surface area contributed by atoms with Gasteiger partial charge in [0.15, 0.2) is 0 Å². The van der Waals surface area contributed by atoms with Crippen molar-refractivity contribution < 1.29 is 0 Å². The minimum absolute atomic E-state index is 1.11. The van der Waals surface area contributed by atoms with E-state index in [1.807, 2.05) is 27.7 Å². The molecule has 2 aromatic rings. The highest BCUT2D eigenvalue weighted by Crippen LogP contribution is 2.23. The fourth-order valence-electron chi connectivity index (χ4n) is 2.27. The molecule has 22 heavy (non-hydrogen) atoms. The Labute approximate surface area is 138 Å². The van der Waals surface area contributed by atoms with Gasteiger partial charge in [0.25, 0.3) is 0 Å². The van der Waals surface area contributed by atoms with Gasteiger partial charge in [0.1, 0.15) is 0 Å². The third-order valence-corrected chi connectivity index (χ3v) is 3.56. The summed E-state index contributed by atoms with van der Waals surface area (Å²) in [5.74, 6) is 0. The average molecular weight is 299 g/mol. The highest BCUT2D eigenvalue weighted by molar-refractivity contribution is 5.65. The summed E-state index contributed by atoms with van der Waals surface area (Å²) >= 11 is 0. The van der Waals surface area contributed by atoms with Crippen LogP contribution in [0.2, 0.25) is 0 Å². The minimum atomic E-state index is 1.11. The molecule has 0 saturated heterocycles. The van der Waals surface area contributed by atoms with Crippen LogP contribution < -0.4 is 0 Å². The van der Waals surface area contributed by atoms with E-state index in [-0.39, 0.29) is 0 Å². The summed E-state index contributed by atoms with van der Waals surface area (Å²) in [4.78, 5) is 0. The number of aryl methyl sites for hydroxylation is 3. The molecule has 0 N–H and O–H groups in total. The smallest absolute Gasteiger partial charge is 0.0179 e. The largest absolute Gasteiger partial charge is 0.0683 e. The molecule has 0 aliphatic heterocycles. The zero-order chi connectivity index (χ0) is 17.0. The molecule has 2 rings (SSSR count). The maximum Gasteiger partial charge on any atom is -0.0179 e. The van der Waals surface area contributed by atoms with Crippen LogP contribution in [0.1, 0.15) is 65.2 Å². The van der Waals surface area contributed by atoms with E-state index in [1.165, 1.54) is 27.8 Å². The summed E-state index contributed by atoms with van der Waals surface area (Å²) in [7, 11) is 0. The van der Waals surface area contributed by atoms with Crippen LogP contribution in [0.3, 0.4) is 0 Å². The van der Waals surface area contributed by atoms with E-state index in [0.29, 0.717) is 0 Å². The lowest BCUT2D eigenvalue weighted by Gasteiger charge is -2.08. The van der Waals surface area contributed by atoms with E-state index in [9.17, 15) is 0 Å². The molecule has 0 unspecified atom stereocenters. The fourth-order valence-corrected chi connectivity index (χ4v) is 2.27. The van der Waals surface area contributed by atoms with Gasteiger partial charge in [0.2, 0.25) is 0 Å². The standard InChI is InChI=1S/C18H22.2C2H6/c1-4-14-7-9-17(10-8-14)18-12-15(5-2)11-16(6-3)13-18;2*1-2/h7-13H,4-6H2,1-3H3;2*1-2H3. The van der Waals surface area contributed by atoms with Crippen molar-refractivity contribution in [1.82, 2.24) is 0 Å². The molecule has 2 aromatic carbocycles. The third-order valence-electron chi connectivity index (χ3n) is 3.56. The summed E-state index contributed by atoms with van der Waals surface area (Å²) in [5.41, 5.74) is 6.96. The minimum Gasteiger partial charge on any atom is -0.0683 e. The summed E-state index contributed by atoms with van der Waals surface area (Å²) in [6.45, 7) is 14.6. The molecule has 0 heterocycles. The second-order valence-corrected chi connectivity index (χ2v) is 4.80. The maximum atomic E-state index is 2.32. The Morgan fingerprint density at radius 3 is 1.27 bits per heavy atom. The van der Waals surface area contributed by atoms with Gasteiger partial charge in [-0.3, -0.25) is 0 Å². The molecule has 0 aromatic heterocycles.